The molecule has 0 bridgehead atoms. The molecule has 1 fully saturated rings. The third-order valence-corrected chi connectivity index (χ3v) is 3.44. The van der Waals surface area contributed by atoms with Crippen LogP contribution in [-0.2, 0) is 4.79 Å². The number of anilines is 1. The molecule has 0 aliphatic carbocycles. The van der Waals surface area contributed by atoms with Gasteiger partial charge in [-0.25, -0.2) is 4.79 Å². The Kier molecular flexibility index (Phi) is 2.98. The Morgan fingerprint density at radius 2 is 2.10 bits per heavy atom. The number of hydrogen-bond acceptors (Lipinski definition) is 3. The van der Waals surface area contributed by atoms with Crippen LogP contribution in [0.3, 0.4) is 0 Å². The molecule has 20 heavy (non-hydrogen) atoms. The summed E-state index contributed by atoms with van der Waals surface area (Å²) in [5.74, 6) is -0.206. The highest BCUT2D eigenvalue weighted by Gasteiger charge is 2.28. The van der Waals surface area contributed by atoms with Crippen molar-refractivity contribution in [1.82, 2.24) is 9.88 Å². The first-order valence-electron chi connectivity index (χ1n) is 6.28. The summed E-state index contributed by atoms with van der Waals surface area (Å²) < 4.78 is 0. The van der Waals surface area contributed by atoms with Gasteiger partial charge in [0.2, 0.25) is 5.91 Å². The molecule has 1 N–H and O–H groups in total. The number of carboxylic acid groups (broad SMARTS) is 1. The minimum absolute atomic E-state index is 0.100. The van der Waals surface area contributed by atoms with Gasteiger partial charge in [0, 0.05) is 36.3 Å². The summed E-state index contributed by atoms with van der Waals surface area (Å²) in [6, 6.07) is 7.54. The number of pyridine rings is 1. The van der Waals surface area contributed by atoms with Crippen molar-refractivity contribution < 1.29 is 14.7 Å². The van der Waals surface area contributed by atoms with Crippen molar-refractivity contribution in [2.75, 3.05) is 24.5 Å². The Balaban J connectivity index is 1.96. The van der Waals surface area contributed by atoms with Gasteiger partial charge in [-0.3, -0.25) is 14.7 Å². The largest absolute Gasteiger partial charge is 0.465 e. The molecule has 2 aromatic rings. The Morgan fingerprint density at radius 3 is 2.85 bits per heavy atom. The van der Waals surface area contributed by atoms with Gasteiger partial charge in [-0.15, -0.1) is 0 Å². The summed E-state index contributed by atoms with van der Waals surface area (Å²) >= 11 is 0. The van der Waals surface area contributed by atoms with Gasteiger partial charge in [0.25, 0.3) is 0 Å². The number of amides is 2. The predicted molar refractivity (Wildman–Crippen MR) is 73.7 cm³/mol. The third kappa shape index (κ3) is 2.05. The summed E-state index contributed by atoms with van der Waals surface area (Å²) in [5.41, 5.74) is 0.805. The SMILES string of the molecule is O=C(O)N1CCN(c2cccc3cnccc23)C(=O)C1. The van der Waals surface area contributed by atoms with E-state index in [0.29, 0.717) is 13.1 Å². The molecule has 1 aromatic heterocycles. The van der Waals surface area contributed by atoms with Crippen molar-refractivity contribution in [3.63, 3.8) is 0 Å². The highest BCUT2D eigenvalue weighted by molar-refractivity contribution is 6.05. The Morgan fingerprint density at radius 1 is 1.25 bits per heavy atom. The molecule has 102 valence electrons. The highest BCUT2D eigenvalue weighted by atomic mass is 16.4. The quantitative estimate of drug-likeness (QED) is 0.854. The molecule has 0 spiro atoms. The van der Waals surface area contributed by atoms with Gasteiger partial charge in [-0.2, -0.15) is 0 Å². The summed E-state index contributed by atoms with van der Waals surface area (Å²) in [7, 11) is 0. The number of carbonyl (C=O) groups is 2. The lowest BCUT2D eigenvalue weighted by molar-refractivity contribution is -0.120. The Bertz CT molecular complexity index is 681. The fourth-order valence-electron chi connectivity index (χ4n) is 2.43. The van der Waals surface area contributed by atoms with Crippen LogP contribution in [0.1, 0.15) is 0 Å². The van der Waals surface area contributed by atoms with Gasteiger partial charge in [0.1, 0.15) is 6.54 Å². The first kappa shape index (κ1) is 12.4. The molecule has 0 radical (unpaired) electrons. The zero-order chi connectivity index (χ0) is 14.1. The van der Waals surface area contributed by atoms with Gasteiger partial charge in [0.05, 0.1) is 5.69 Å². The summed E-state index contributed by atoms with van der Waals surface area (Å²) in [4.78, 5) is 29.9. The number of nitrogens with zero attached hydrogens (tertiary/aromatic N) is 3. The van der Waals surface area contributed by atoms with E-state index in [1.807, 2.05) is 24.3 Å². The van der Waals surface area contributed by atoms with Crippen LogP contribution in [0.5, 0.6) is 0 Å². The van der Waals surface area contributed by atoms with E-state index in [-0.39, 0.29) is 12.5 Å². The summed E-state index contributed by atoms with van der Waals surface area (Å²) in [5, 5.41) is 10.8. The second kappa shape index (κ2) is 4.80. The molecular formula is C14H13N3O3. The van der Waals surface area contributed by atoms with E-state index < -0.39 is 6.09 Å². The molecule has 0 atom stereocenters. The minimum Gasteiger partial charge on any atom is -0.465 e. The summed E-state index contributed by atoms with van der Waals surface area (Å²) in [6.07, 6.45) is 2.38. The number of piperazine rings is 1. The van der Waals surface area contributed by atoms with Crippen molar-refractivity contribution in [3.8, 4) is 0 Å². The number of hydrogen-bond donors (Lipinski definition) is 1. The van der Waals surface area contributed by atoms with Crippen LogP contribution in [0.15, 0.2) is 36.7 Å². The third-order valence-electron chi connectivity index (χ3n) is 3.44. The van der Waals surface area contributed by atoms with Crippen LogP contribution < -0.4 is 4.90 Å². The van der Waals surface area contributed by atoms with Gasteiger partial charge < -0.3 is 10.0 Å². The number of aromatic nitrogens is 1. The van der Waals surface area contributed by atoms with E-state index in [4.69, 9.17) is 5.11 Å². The lowest BCUT2D eigenvalue weighted by Crippen LogP contribution is -2.52. The van der Waals surface area contributed by atoms with Crippen molar-refractivity contribution >= 4 is 28.5 Å². The molecule has 0 saturated carbocycles. The molecule has 1 aliphatic rings. The van der Waals surface area contributed by atoms with E-state index in [1.165, 1.54) is 0 Å². The maximum atomic E-state index is 12.2. The minimum atomic E-state index is -1.06. The van der Waals surface area contributed by atoms with E-state index in [2.05, 4.69) is 4.98 Å². The topological polar surface area (TPSA) is 73.7 Å². The maximum Gasteiger partial charge on any atom is 0.407 e. The van der Waals surface area contributed by atoms with Crippen molar-refractivity contribution in [2.45, 2.75) is 0 Å². The number of carbonyl (C=O) groups excluding carboxylic acids is 1. The molecule has 0 unspecified atom stereocenters. The van der Waals surface area contributed by atoms with E-state index in [9.17, 15) is 9.59 Å². The molecule has 6 nitrogen and oxygen atoms in total. The van der Waals surface area contributed by atoms with Crippen LogP contribution >= 0.6 is 0 Å². The first-order valence-corrected chi connectivity index (χ1v) is 6.28. The second-order valence-corrected chi connectivity index (χ2v) is 4.62. The average molecular weight is 271 g/mol. The average Bonchev–Trinajstić information content (AvgIpc) is 2.46. The van der Waals surface area contributed by atoms with Crippen molar-refractivity contribution in [1.29, 1.82) is 0 Å². The zero-order valence-corrected chi connectivity index (χ0v) is 10.7. The first-order chi connectivity index (χ1) is 9.66. The maximum absolute atomic E-state index is 12.2. The van der Waals surface area contributed by atoms with Crippen LogP contribution in [0, 0.1) is 0 Å². The molecule has 1 aromatic carbocycles. The van der Waals surface area contributed by atoms with E-state index in [1.54, 1.807) is 17.3 Å². The zero-order valence-electron chi connectivity index (χ0n) is 10.7. The smallest absolute Gasteiger partial charge is 0.407 e. The molecule has 2 heterocycles. The molecular weight excluding hydrogens is 258 g/mol. The van der Waals surface area contributed by atoms with Crippen molar-refractivity contribution in [2.24, 2.45) is 0 Å². The van der Waals surface area contributed by atoms with Gasteiger partial charge in [-0.05, 0) is 12.1 Å². The lowest BCUT2D eigenvalue weighted by atomic mass is 10.1. The van der Waals surface area contributed by atoms with Gasteiger partial charge in [-0.1, -0.05) is 12.1 Å². The number of rotatable bonds is 1. The molecule has 3 rings (SSSR count). The molecule has 6 heteroatoms. The van der Waals surface area contributed by atoms with Crippen LogP contribution in [0.25, 0.3) is 10.8 Å². The number of benzene rings is 1. The molecule has 1 saturated heterocycles. The number of fused-ring (bicyclic) bond motifs is 1. The normalized spacial score (nSPS) is 15.7. The fourth-order valence-corrected chi connectivity index (χ4v) is 2.43. The Labute approximate surface area is 115 Å². The van der Waals surface area contributed by atoms with Gasteiger partial charge >= 0.3 is 6.09 Å². The van der Waals surface area contributed by atoms with Crippen molar-refractivity contribution in [3.05, 3.63) is 36.7 Å². The lowest BCUT2D eigenvalue weighted by Gasteiger charge is -2.33. The van der Waals surface area contributed by atoms with Crippen LogP contribution in [-0.4, -0.2) is 46.6 Å². The second-order valence-electron chi connectivity index (χ2n) is 4.62. The standard InChI is InChI=1S/C14H13N3O3/c18-13-9-16(14(19)20)6-7-17(13)12-3-1-2-10-8-15-5-4-11(10)12/h1-5,8H,6-7,9H2,(H,19,20). The van der Waals surface area contributed by atoms with Crippen LogP contribution in [0.4, 0.5) is 10.5 Å². The summed E-state index contributed by atoms with van der Waals surface area (Å²) in [6.45, 7) is 0.589. The molecule has 1 aliphatic heterocycles. The fraction of sp³-hybridized carbons (Fsp3) is 0.214. The Hall–Kier alpha value is -2.63. The van der Waals surface area contributed by atoms with Crippen LogP contribution in [0.2, 0.25) is 0 Å². The van der Waals surface area contributed by atoms with E-state index >= 15 is 0 Å². The van der Waals surface area contributed by atoms with Gasteiger partial charge in [0.15, 0.2) is 0 Å². The predicted octanol–water partition coefficient (Wildman–Crippen LogP) is 1.56. The molecule has 2 amide bonds. The highest BCUT2D eigenvalue weighted by Crippen LogP contribution is 2.27. The monoisotopic (exact) mass is 271 g/mol. The van der Waals surface area contributed by atoms with E-state index in [0.717, 1.165) is 21.4 Å².